The molecule has 6 heteroatoms. The highest BCUT2D eigenvalue weighted by molar-refractivity contribution is 6.40. The Morgan fingerprint density at radius 3 is 2.54 bits per heavy atom. The molecule has 0 spiro atoms. The van der Waals surface area contributed by atoms with Gasteiger partial charge < -0.3 is 10.2 Å². The van der Waals surface area contributed by atoms with Crippen LogP contribution in [0.4, 0.5) is 4.79 Å². The van der Waals surface area contributed by atoms with E-state index >= 15 is 0 Å². The van der Waals surface area contributed by atoms with Crippen molar-refractivity contribution >= 4 is 36.2 Å². The highest BCUT2D eigenvalue weighted by Gasteiger charge is 2.21. The van der Waals surface area contributed by atoms with Gasteiger partial charge >= 0.3 is 6.03 Å². The lowest BCUT2D eigenvalue weighted by Gasteiger charge is -2.14. The number of aromatic nitrogens is 1. The minimum absolute atomic E-state index is 0.164. The van der Waals surface area contributed by atoms with E-state index < -0.39 is 0 Å². The lowest BCUT2D eigenvalue weighted by atomic mass is 9.90. The normalized spacial score (nSPS) is 15.6. The fourth-order valence-electron chi connectivity index (χ4n) is 3.76. The quantitative estimate of drug-likeness (QED) is 0.683. The fourth-order valence-corrected chi connectivity index (χ4v) is 3.76. The maximum Gasteiger partial charge on any atom is 0.328 e. The smallest absolute Gasteiger partial charge is 0.328 e. The van der Waals surface area contributed by atoms with Crippen LogP contribution in [0, 0.1) is 5.92 Å². The predicted molar refractivity (Wildman–Crippen MR) is 105 cm³/mol. The molecule has 1 aliphatic carbocycles. The number of nitrogens with one attached hydrogen (secondary N) is 1. The maximum absolute atomic E-state index is 12.8. The van der Waals surface area contributed by atoms with Gasteiger partial charge in [-0.25, -0.2) is 4.79 Å². The van der Waals surface area contributed by atoms with Crippen LogP contribution in [-0.2, 0) is 0 Å². The van der Waals surface area contributed by atoms with E-state index in [-0.39, 0.29) is 11.9 Å². The zero-order valence-electron chi connectivity index (χ0n) is 15.6. The van der Waals surface area contributed by atoms with E-state index in [1.54, 1.807) is 32.4 Å². The van der Waals surface area contributed by atoms with Crippen molar-refractivity contribution in [2.24, 2.45) is 5.92 Å². The standard InChI is InChI=1S/C20H26BN3O2/c1-23(2)20(26)24-13-15(18-16(21)10-7-11-17(18)24)19(25)22-12-14-8-5-3-4-6-9-14/h7,10-11,13-14H,3-6,8-9,12H2,1-2H3,(H,22,25). The van der Waals surface area contributed by atoms with Crippen LogP contribution in [0.3, 0.4) is 0 Å². The Morgan fingerprint density at radius 2 is 1.88 bits per heavy atom. The molecular formula is C20H26BN3O2. The summed E-state index contributed by atoms with van der Waals surface area (Å²) in [6, 6.07) is 5.16. The summed E-state index contributed by atoms with van der Waals surface area (Å²) in [4.78, 5) is 26.8. The van der Waals surface area contributed by atoms with Gasteiger partial charge in [-0.3, -0.25) is 9.36 Å². The summed E-state index contributed by atoms with van der Waals surface area (Å²) in [5.74, 6) is 0.373. The van der Waals surface area contributed by atoms with Gasteiger partial charge in [-0.15, -0.1) is 0 Å². The highest BCUT2D eigenvalue weighted by Crippen LogP contribution is 2.23. The first-order valence-corrected chi connectivity index (χ1v) is 9.38. The molecule has 0 bridgehead atoms. The summed E-state index contributed by atoms with van der Waals surface area (Å²) < 4.78 is 1.49. The van der Waals surface area contributed by atoms with Gasteiger partial charge in [-0.05, 0) is 24.8 Å². The highest BCUT2D eigenvalue weighted by atomic mass is 16.2. The first-order valence-electron chi connectivity index (χ1n) is 9.38. The van der Waals surface area contributed by atoms with E-state index in [2.05, 4.69) is 5.32 Å². The van der Waals surface area contributed by atoms with E-state index in [0.29, 0.717) is 34.4 Å². The Labute approximate surface area is 156 Å². The first kappa shape index (κ1) is 18.6. The molecule has 3 rings (SSSR count). The number of carbonyl (C=O) groups is 2. The van der Waals surface area contributed by atoms with Crippen molar-refractivity contribution in [1.29, 1.82) is 0 Å². The summed E-state index contributed by atoms with van der Waals surface area (Å²) in [6.07, 6.45) is 9.01. The molecule has 0 saturated heterocycles. The number of amides is 2. The largest absolute Gasteiger partial charge is 0.352 e. The lowest BCUT2D eigenvalue weighted by Crippen LogP contribution is -2.30. The number of benzene rings is 1. The number of rotatable bonds is 3. The third-order valence-corrected chi connectivity index (χ3v) is 5.22. The van der Waals surface area contributed by atoms with Gasteiger partial charge in [0.15, 0.2) is 0 Å². The van der Waals surface area contributed by atoms with E-state index in [4.69, 9.17) is 7.85 Å². The van der Waals surface area contributed by atoms with Gasteiger partial charge in [0, 0.05) is 32.2 Å². The van der Waals surface area contributed by atoms with Crippen LogP contribution in [0.25, 0.3) is 10.9 Å². The molecule has 0 unspecified atom stereocenters. The second-order valence-electron chi connectivity index (χ2n) is 7.40. The topological polar surface area (TPSA) is 54.3 Å². The number of carbonyl (C=O) groups excluding carboxylic acids is 2. The van der Waals surface area contributed by atoms with Gasteiger partial charge in [-0.2, -0.15) is 0 Å². The molecule has 1 N–H and O–H groups in total. The molecule has 0 aliphatic heterocycles. The molecule has 1 fully saturated rings. The van der Waals surface area contributed by atoms with Gasteiger partial charge in [0.25, 0.3) is 5.91 Å². The third-order valence-electron chi connectivity index (χ3n) is 5.22. The fraction of sp³-hybridized carbons (Fsp3) is 0.500. The van der Waals surface area contributed by atoms with Crippen LogP contribution < -0.4 is 10.8 Å². The van der Waals surface area contributed by atoms with Crippen molar-refractivity contribution in [1.82, 2.24) is 14.8 Å². The number of hydrogen-bond acceptors (Lipinski definition) is 2. The second-order valence-corrected chi connectivity index (χ2v) is 7.40. The van der Waals surface area contributed by atoms with E-state index in [9.17, 15) is 9.59 Å². The van der Waals surface area contributed by atoms with Crippen molar-refractivity contribution in [2.45, 2.75) is 38.5 Å². The molecule has 136 valence electrons. The molecular weight excluding hydrogens is 325 g/mol. The van der Waals surface area contributed by atoms with Crippen LogP contribution in [-0.4, -0.2) is 49.9 Å². The van der Waals surface area contributed by atoms with Crippen molar-refractivity contribution in [2.75, 3.05) is 20.6 Å². The average molecular weight is 351 g/mol. The van der Waals surface area contributed by atoms with E-state index in [1.807, 2.05) is 6.07 Å². The molecule has 26 heavy (non-hydrogen) atoms. The molecule has 2 aromatic rings. The summed E-state index contributed by atoms with van der Waals surface area (Å²) in [5, 5.41) is 3.70. The number of hydrogen-bond donors (Lipinski definition) is 1. The van der Waals surface area contributed by atoms with E-state index in [1.165, 1.54) is 48.0 Å². The molecule has 1 aliphatic rings. The Bertz CT molecular complexity index is 805. The Balaban J connectivity index is 1.86. The van der Waals surface area contributed by atoms with Crippen molar-refractivity contribution < 1.29 is 9.59 Å². The molecule has 0 atom stereocenters. The van der Waals surface area contributed by atoms with Crippen LogP contribution in [0.2, 0.25) is 0 Å². The average Bonchev–Trinajstić information content (AvgIpc) is 2.82. The predicted octanol–water partition coefficient (Wildman–Crippen LogP) is 2.67. The van der Waals surface area contributed by atoms with Crippen LogP contribution in [0.5, 0.6) is 0 Å². The van der Waals surface area contributed by atoms with Gasteiger partial charge in [0.05, 0.1) is 11.1 Å². The van der Waals surface area contributed by atoms with E-state index in [0.717, 1.165) is 0 Å². The molecule has 1 heterocycles. The summed E-state index contributed by atoms with van der Waals surface area (Å²) in [5.41, 5.74) is 1.62. The minimum atomic E-state index is -0.205. The summed E-state index contributed by atoms with van der Waals surface area (Å²) >= 11 is 0. The Hall–Kier alpha value is -2.24. The van der Waals surface area contributed by atoms with Gasteiger partial charge in [0.1, 0.15) is 7.85 Å². The lowest BCUT2D eigenvalue weighted by molar-refractivity contribution is 0.0947. The Morgan fingerprint density at radius 1 is 1.19 bits per heavy atom. The van der Waals surface area contributed by atoms with Crippen molar-refractivity contribution in [3.63, 3.8) is 0 Å². The van der Waals surface area contributed by atoms with Gasteiger partial charge in [0.2, 0.25) is 0 Å². The maximum atomic E-state index is 12.8. The molecule has 1 saturated carbocycles. The van der Waals surface area contributed by atoms with Crippen molar-refractivity contribution in [3.05, 3.63) is 30.0 Å². The van der Waals surface area contributed by atoms with Crippen LogP contribution in [0.1, 0.15) is 48.9 Å². The number of nitrogens with zero attached hydrogens (tertiary/aromatic N) is 2. The zero-order valence-corrected chi connectivity index (χ0v) is 15.6. The molecule has 2 radical (unpaired) electrons. The van der Waals surface area contributed by atoms with Crippen LogP contribution >= 0.6 is 0 Å². The molecule has 5 nitrogen and oxygen atoms in total. The minimum Gasteiger partial charge on any atom is -0.352 e. The van der Waals surface area contributed by atoms with Crippen LogP contribution in [0.15, 0.2) is 24.4 Å². The SMILES string of the molecule is [B]c1cccc2c1c(C(=O)NCC1CCCCCC1)cn2C(=O)N(C)C. The first-order chi connectivity index (χ1) is 12.5. The monoisotopic (exact) mass is 351 g/mol. The Kier molecular flexibility index (Phi) is 5.69. The third kappa shape index (κ3) is 3.79. The molecule has 1 aromatic carbocycles. The zero-order chi connectivity index (χ0) is 18.7. The van der Waals surface area contributed by atoms with Gasteiger partial charge in [-0.1, -0.05) is 43.3 Å². The summed E-state index contributed by atoms with van der Waals surface area (Å²) in [7, 11) is 9.50. The number of fused-ring (bicyclic) bond motifs is 1. The molecule has 1 aromatic heterocycles. The molecule has 2 amide bonds. The second kappa shape index (κ2) is 7.98. The summed E-state index contributed by atoms with van der Waals surface area (Å²) in [6.45, 7) is 0.680. The van der Waals surface area contributed by atoms with Crippen molar-refractivity contribution in [3.8, 4) is 0 Å².